The standard InChI is InChI=1S/C19H27N3O3/c1-13-6-7-16-14(10-20-21-16)15(13)11-22(12-19(2,3)4)17(23)8-9-18(24)25-5/h6-7,10H,8-9,11-12H2,1-5H3,(H,20,21). The highest BCUT2D eigenvalue weighted by molar-refractivity contribution is 5.84. The summed E-state index contributed by atoms with van der Waals surface area (Å²) in [6, 6.07) is 4.03. The topological polar surface area (TPSA) is 75.3 Å². The van der Waals surface area contributed by atoms with Crippen LogP contribution in [-0.4, -0.2) is 40.6 Å². The van der Waals surface area contributed by atoms with Crippen LogP contribution in [0.25, 0.3) is 10.9 Å². The zero-order chi connectivity index (χ0) is 18.6. The Kier molecular flexibility index (Phi) is 5.82. The lowest BCUT2D eigenvalue weighted by Crippen LogP contribution is -2.37. The number of fused-ring (bicyclic) bond motifs is 1. The molecule has 0 radical (unpaired) electrons. The van der Waals surface area contributed by atoms with Crippen molar-refractivity contribution in [3.8, 4) is 0 Å². The van der Waals surface area contributed by atoms with E-state index in [1.807, 2.05) is 24.0 Å². The van der Waals surface area contributed by atoms with Crippen molar-refractivity contribution in [1.82, 2.24) is 15.1 Å². The SMILES string of the molecule is COC(=O)CCC(=O)N(Cc1c(C)ccc2[nH]ncc12)CC(C)(C)C. The number of carbonyl (C=O) groups excluding carboxylic acids is 2. The Balaban J connectivity index is 2.26. The van der Waals surface area contributed by atoms with E-state index in [0.29, 0.717) is 13.1 Å². The fraction of sp³-hybridized carbons (Fsp3) is 0.526. The Hall–Kier alpha value is -2.37. The van der Waals surface area contributed by atoms with Crippen LogP contribution < -0.4 is 0 Å². The molecule has 6 nitrogen and oxygen atoms in total. The fourth-order valence-electron chi connectivity index (χ4n) is 2.86. The van der Waals surface area contributed by atoms with Crippen molar-refractivity contribution in [3.63, 3.8) is 0 Å². The molecule has 1 aromatic carbocycles. The van der Waals surface area contributed by atoms with Crippen LogP contribution in [0.1, 0.15) is 44.7 Å². The van der Waals surface area contributed by atoms with Gasteiger partial charge in [-0.05, 0) is 29.5 Å². The highest BCUT2D eigenvalue weighted by Gasteiger charge is 2.23. The molecule has 0 unspecified atom stereocenters. The second-order valence-electron chi connectivity index (χ2n) is 7.58. The van der Waals surface area contributed by atoms with E-state index in [-0.39, 0.29) is 30.1 Å². The van der Waals surface area contributed by atoms with E-state index >= 15 is 0 Å². The monoisotopic (exact) mass is 345 g/mol. The average Bonchev–Trinajstić information content (AvgIpc) is 3.01. The number of aromatic amines is 1. The van der Waals surface area contributed by atoms with Gasteiger partial charge in [-0.25, -0.2) is 0 Å². The van der Waals surface area contributed by atoms with E-state index in [1.165, 1.54) is 7.11 Å². The van der Waals surface area contributed by atoms with E-state index in [4.69, 9.17) is 0 Å². The molecule has 0 aliphatic rings. The molecule has 1 aromatic heterocycles. The lowest BCUT2D eigenvalue weighted by Gasteiger charge is -2.31. The number of rotatable bonds is 6. The van der Waals surface area contributed by atoms with Gasteiger partial charge in [-0.1, -0.05) is 26.8 Å². The molecule has 0 aliphatic heterocycles. The largest absolute Gasteiger partial charge is 0.469 e. The van der Waals surface area contributed by atoms with Crippen LogP contribution in [0.15, 0.2) is 18.3 Å². The molecule has 0 fully saturated rings. The minimum absolute atomic E-state index is 0.0415. The van der Waals surface area contributed by atoms with Gasteiger partial charge < -0.3 is 9.64 Å². The van der Waals surface area contributed by atoms with E-state index in [2.05, 4.69) is 35.7 Å². The molecule has 1 N–H and O–H groups in total. The first-order valence-electron chi connectivity index (χ1n) is 8.47. The second kappa shape index (κ2) is 7.68. The summed E-state index contributed by atoms with van der Waals surface area (Å²) in [5, 5.41) is 8.11. The summed E-state index contributed by atoms with van der Waals surface area (Å²) in [4.78, 5) is 25.9. The minimum Gasteiger partial charge on any atom is -0.469 e. The average molecular weight is 345 g/mol. The number of ether oxygens (including phenoxy) is 1. The highest BCUT2D eigenvalue weighted by Crippen LogP contribution is 2.25. The maximum atomic E-state index is 12.7. The summed E-state index contributed by atoms with van der Waals surface area (Å²) >= 11 is 0. The van der Waals surface area contributed by atoms with Crippen LogP contribution in [0, 0.1) is 12.3 Å². The third-order valence-corrected chi connectivity index (χ3v) is 4.11. The Labute approximate surface area is 148 Å². The molecular formula is C19H27N3O3. The quantitative estimate of drug-likeness (QED) is 0.816. The Bertz CT molecular complexity index is 759. The number of benzene rings is 1. The zero-order valence-corrected chi connectivity index (χ0v) is 15.7. The predicted octanol–water partition coefficient (Wildman–Crippen LogP) is 3.20. The van der Waals surface area contributed by atoms with Gasteiger partial charge in [0.2, 0.25) is 5.91 Å². The molecule has 0 atom stereocenters. The summed E-state index contributed by atoms with van der Waals surface area (Å²) in [6.45, 7) is 9.44. The Morgan fingerprint density at radius 2 is 1.96 bits per heavy atom. The van der Waals surface area contributed by atoms with Crippen molar-refractivity contribution >= 4 is 22.8 Å². The van der Waals surface area contributed by atoms with Gasteiger partial charge in [0.1, 0.15) is 0 Å². The van der Waals surface area contributed by atoms with Gasteiger partial charge in [0.05, 0.1) is 25.2 Å². The molecule has 1 amide bonds. The first kappa shape index (κ1) is 19.0. The molecular weight excluding hydrogens is 318 g/mol. The molecule has 2 rings (SSSR count). The maximum absolute atomic E-state index is 12.7. The van der Waals surface area contributed by atoms with Gasteiger partial charge in [-0.3, -0.25) is 14.7 Å². The third-order valence-electron chi connectivity index (χ3n) is 4.11. The van der Waals surface area contributed by atoms with E-state index in [9.17, 15) is 9.59 Å². The van der Waals surface area contributed by atoms with Crippen molar-refractivity contribution in [2.75, 3.05) is 13.7 Å². The maximum Gasteiger partial charge on any atom is 0.306 e. The number of esters is 1. The third kappa shape index (κ3) is 5.05. The molecule has 0 bridgehead atoms. The first-order valence-corrected chi connectivity index (χ1v) is 8.47. The molecule has 0 saturated heterocycles. The molecule has 136 valence electrons. The van der Waals surface area contributed by atoms with Crippen LogP contribution >= 0.6 is 0 Å². The number of nitrogens with one attached hydrogen (secondary N) is 1. The van der Waals surface area contributed by atoms with E-state index in [0.717, 1.165) is 22.0 Å². The van der Waals surface area contributed by atoms with Gasteiger partial charge >= 0.3 is 5.97 Å². The van der Waals surface area contributed by atoms with Gasteiger partial charge in [0.25, 0.3) is 0 Å². The molecule has 0 aliphatic carbocycles. The Morgan fingerprint density at radius 3 is 2.60 bits per heavy atom. The van der Waals surface area contributed by atoms with Crippen LogP contribution in [0.3, 0.4) is 0 Å². The van der Waals surface area contributed by atoms with E-state index < -0.39 is 0 Å². The molecule has 0 saturated carbocycles. The predicted molar refractivity (Wildman–Crippen MR) is 97.0 cm³/mol. The molecule has 1 heterocycles. The summed E-state index contributed by atoms with van der Waals surface area (Å²) in [5.41, 5.74) is 3.12. The summed E-state index contributed by atoms with van der Waals surface area (Å²) in [6.07, 6.45) is 2.06. The molecule has 6 heteroatoms. The molecule has 0 spiro atoms. The summed E-state index contributed by atoms with van der Waals surface area (Å²) in [5.74, 6) is -0.405. The van der Waals surface area contributed by atoms with Crippen LogP contribution in [0.5, 0.6) is 0 Å². The van der Waals surface area contributed by atoms with Crippen LogP contribution in [0.4, 0.5) is 0 Å². The number of H-pyrrole nitrogens is 1. The lowest BCUT2D eigenvalue weighted by molar-refractivity contribution is -0.144. The number of methoxy groups -OCH3 is 1. The number of hydrogen-bond donors (Lipinski definition) is 1. The number of nitrogens with zero attached hydrogens (tertiary/aromatic N) is 2. The number of aryl methyl sites for hydroxylation is 1. The lowest BCUT2D eigenvalue weighted by atomic mass is 9.95. The Morgan fingerprint density at radius 1 is 1.24 bits per heavy atom. The molecule has 25 heavy (non-hydrogen) atoms. The highest BCUT2D eigenvalue weighted by atomic mass is 16.5. The van der Waals surface area contributed by atoms with Crippen molar-refractivity contribution in [3.05, 3.63) is 29.5 Å². The van der Waals surface area contributed by atoms with Crippen molar-refractivity contribution in [2.24, 2.45) is 5.41 Å². The van der Waals surface area contributed by atoms with Crippen LogP contribution in [0.2, 0.25) is 0 Å². The molecule has 2 aromatic rings. The van der Waals surface area contributed by atoms with Gasteiger partial charge in [0, 0.05) is 24.9 Å². The first-order chi connectivity index (χ1) is 11.7. The van der Waals surface area contributed by atoms with Crippen molar-refractivity contribution < 1.29 is 14.3 Å². The smallest absolute Gasteiger partial charge is 0.306 e. The normalized spacial score (nSPS) is 11.6. The van der Waals surface area contributed by atoms with Crippen molar-refractivity contribution in [2.45, 2.75) is 47.1 Å². The van der Waals surface area contributed by atoms with Gasteiger partial charge in [0.15, 0.2) is 0 Å². The fourth-order valence-corrected chi connectivity index (χ4v) is 2.86. The number of amides is 1. The second-order valence-corrected chi connectivity index (χ2v) is 7.58. The number of aromatic nitrogens is 2. The minimum atomic E-state index is -0.364. The van der Waals surface area contributed by atoms with E-state index in [1.54, 1.807) is 6.20 Å². The zero-order valence-electron chi connectivity index (χ0n) is 15.7. The van der Waals surface area contributed by atoms with Crippen LogP contribution in [-0.2, 0) is 20.9 Å². The van der Waals surface area contributed by atoms with Crippen molar-refractivity contribution in [1.29, 1.82) is 0 Å². The summed E-state index contributed by atoms with van der Waals surface area (Å²) in [7, 11) is 1.34. The summed E-state index contributed by atoms with van der Waals surface area (Å²) < 4.78 is 4.64. The van der Waals surface area contributed by atoms with Gasteiger partial charge in [-0.2, -0.15) is 5.10 Å². The number of carbonyl (C=O) groups is 2. The number of hydrogen-bond acceptors (Lipinski definition) is 4. The van der Waals surface area contributed by atoms with Gasteiger partial charge in [-0.15, -0.1) is 0 Å².